The van der Waals surface area contributed by atoms with Gasteiger partial charge in [0.1, 0.15) is 11.4 Å². The highest BCUT2D eigenvalue weighted by atomic mass is 79.9. The number of halogens is 2. The molecule has 1 atom stereocenters. The third-order valence-electron chi connectivity index (χ3n) is 2.17. The highest BCUT2D eigenvalue weighted by Crippen LogP contribution is 2.26. The van der Waals surface area contributed by atoms with E-state index in [1.807, 2.05) is 0 Å². The van der Waals surface area contributed by atoms with Gasteiger partial charge in [-0.1, -0.05) is 22.0 Å². The van der Waals surface area contributed by atoms with Crippen molar-refractivity contribution < 1.29 is 13.9 Å². The standard InChI is InChI=1S/C13H17BrFNO2/c1-8(16-12(17)18-13(2,3)4)11-9(14)6-5-7-10(11)15/h5-8H,1-4H3,(H,16,17)/t8-/m0/s1. The Morgan fingerprint density at radius 3 is 2.56 bits per heavy atom. The zero-order chi connectivity index (χ0) is 13.9. The van der Waals surface area contributed by atoms with Crippen LogP contribution in [0.5, 0.6) is 0 Å². The molecule has 0 bridgehead atoms. The Kier molecular flexibility index (Phi) is 4.73. The van der Waals surface area contributed by atoms with Crippen molar-refractivity contribution in [1.82, 2.24) is 5.32 Å². The van der Waals surface area contributed by atoms with E-state index in [9.17, 15) is 9.18 Å². The summed E-state index contributed by atoms with van der Waals surface area (Å²) in [5.41, 5.74) is -0.167. The van der Waals surface area contributed by atoms with E-state index < -0.39 is 17.7 Å². The van der Waals surface area contributed by atoms with Crippen LogP contribution in [-0.4, -0.2) is 11.7 Å². The van der Waals surface area contributed by atoms with Gasteiger partial charge in [0.2, 0.25) is 0 Å². The number of carbonyl (C=O) groups excluding carboxylic acids is 1. The normalized spacial score (nSPS) is 13.0. The number of alkyl carbamates (subject to hydrolysis) is 1. The highest BCUT2D eigenvalue weighted by Gasteiger charge is 2.20. The van der Waals surface area contributed by atoms with E-state index in [1.54, 1.807) is 39.8 Å². The van der Waals surface area contributed by atoms with Crippen LogP contribution < -0.4 is 5.32 Å². The number of nitrogens with one attached hydrogen (secondary N) is 1. The molecule has 100 valence electrons. The maximum absolute atomic E-state index is 13.7. The van der Waals surface area contributed by atoms with Crippen LogP contribution in [0.25, 0.3) is 0 Å². The summed E-state index contributed by atoms with van der Waals surface area (Å²) in [6.45, 7) is 7.02. The van der Waals surface area contributed by atoms with Crippen LogP contribution in [0.15, 0.2) is 22.7 Å². The SMILES string of the molecule is C[C@H](NC(=O)OC(C)(C)C)c1c(F)cccc1Br. The first-order valence-corrected chi connectivity index (χ1v) is 6.43. The van der Waals surface area contributed by atoms with Gasteiger partial charge in [-0.15, -0.1) is 0 Å². The number of benzene rings is 1. The molecule has 1 N–H and O–H groups in total. The number of amides is 1. The monoisotopic (exact) mass is 317 g/mol. The second kappa shape index (κ2) is 5.69. The molecular formula is C13H17BrFNO2. The quantitative estimate of drug-likeness (QED) is 0.888. The van der Waals surface area contributed by atoms with E-state index in [4.69, 9.17) is 4.74 Å². The van der Waals surface area contributed by atoms with E-state index in [0.29, 0.717) is 10.0 Å². The van der Waals surface area contributed by atoms with Gasteiger partial charge in [0.15, 0.2) is 0 Å². The Balaban J connectivity index is 2.77. The first kappa shape index (κ1) is 15.0. The fourth-order valence-corrected chi connectivity index (χ4v) is 2.17. The minimum absolute atomic E-state index is 0.368. The molecule has 0 unspecified atom stereocenters. The van der Waals surface area contributed by atoms with Gasteiger partial charge in [0.25, 0.3) is 0 Å². The number of hydrogen-bond donors (Lipinski definition) is 1. The lowest BCUT2D eigenvalue weighted by atomic mass is 10.1. The fraction of sp³-hybridized carbons (Fsp3) is 0.462. The molecule has 1 rings (SSSR count). The van der Waals surface area contributed by atoms with Crippen molar-refractivity contribution >= 4 is 22.0 Å². The molecule has 0 spiro atoms. The highest BCUT2D eigenvalue weighted by molar-refractivity contribution is 9.10. The fourth-order valence-electron chi connectivity index (χ4n) is 1.48. The van der Waals surface area contributed by atoms with Crippen molar-refractivity contribution in [2.75, 3.05) is 0 Å². The van der Waals surface area contributed by atoms with Crippen molar-refractivity contribution in [3.63, 3.8) is 0 Å². The van der Waals surface area contributed by atoms with Gasteiger partial charge in [-0.25, -0.2) is 9.18 Å². The molecule has 1 amide bonds. The van der Waals surface area contributed by atoms with E-state index in [-0.39, 0.29) is 5.82 Å². The van der Waals surface area contributed by atoms with Crippen molar-refractivity contribution in [1.29, 1.82) is 0 Å². The van der Waals surface area contributed by atoms with E-state index in [2.05, 4.69) is 21.2 Å². The molecule has 3 nitrogen and oxygen atoms in total. The van der Waals surface area contributed by atoms with Crippen LogP contribution >= 0.6 is 15.9 Å². The van der Waals surface area contributed by atoms with Crippen LogP contribution in [0.3, 0.4) is 0 Å². The summed E-state index contributed by atoms with van der Waals surface area (Å²) in [6, 6.07) is 4.21. The van der Waals surface area contributed by atoms with Crippen LogP contribution in [-0.2, 0) is 4.74 Å². The van der Waals surface area contributed by atoms with Gasteiger partial charge in [-0.05, 0) is 39.8 Å². The average Bonchev–Trinajstić information content (AvgIpc) is 2.13. The summed E-state index contributed by atoms with van der Waals surface area (Å²) in [5.74, 6) is -0.368. The van der Waals surface area contributed by atoms with Gasteiger partial charge in [0, 0.05) is 10.0 Å². The number of carbonyl (C=O) groups is 1. The smallest absolute Gasteiger partial charge is 0.408 e. The molecule has 1 aromatic carbocycles. The molecule has 0 heterocycles. The second-order valence-electron chi connectivity index (χ2n) is 5.00. The summed E-state index contributed by atoms with van der Waals surface area (Å²) in [4.78, 5) is 11.6. The zero-order valence-electron chi connectivity index (χ0n) is 10.9. The summed E-state index contributed by atoms with van der Waals surface area (Å²) >= 11 is 3.27. The van der Waals surface area contributed by atoms with Crippen LogP contribution in [0.2, 0.25) is 0 Å². The Hall–Kier alpha value is -1.10. The Morgan fingerprint density at radius 2 is 2.06 bits per heavy atom. The molecular weight excluding hydrogens is 301 g/mol. The van der Waals surface area contributed by atoms with Crippen molar-refractivity contribution in [2.24, 2.45) is 0 Å². The van der Waals surface area contributed by atoms with E-state index >= 15 is 0 Å². The number of ether oxygens (including phenoxy) is 1. The number of rotatable bonds is 2. The lowest BCUT2D eigenvalue weighted by Gasteiger charge is -2.22. The van der Waals surface area contributed by atoms with E-state index in [0.717, 1.165) is 0 Å². The predicted octanol–water partition coefficient (Wildman–Crippen LogP) is 4.17. The zero-order valence-corrected chi connectivity index (χ0v) is 12.5. The second-order valence-corrected chi connectivity index (χ2v) is 5.86. The summed E-state index contributed by atoms with van der Waals surface area (Å²) in [6.07, 6.45) is -0.565. The topological polar surface area (TPSA) is 38.3 Å². The third-order valence-corrected chi connectivity index (χ3v) is 2.86. The van der Waals surface area contributed by atoms with Gasteiger partial charge in [0.05, 0.1) is 6.04 Å². The lowest BCUT2D eigenvalue weighted by molar-refractivity contribution is 0.0507. The number of hydrogen-bond acceptors (Lipinski definition) is 2. The van der Waals surface area contributed by atoms with Gasteiger partial charge < -0.3 is 10.1 Å². The molecule has 0 aromatic heterocycles. The first-order chi connectivity index (χ1) is 8.20. The first-order valence-electron chi connectivity index (χ1n) is 5.64. The Bertz CT molecular complexity index is 423. The molecule has 0 radical (unpaired) electrons. The predicted molar refractivity (Wildman–Crippen MR) is 71.9 cm³/mol. The van der Waals surface area contributed by atoms with Crippen LogP contribution in [0, 0.1) is 5.82 Å². The molecule has 0 saturated heterocycles. The van der Waals surface area contributed by atoms with Gasteiger partial charge in [-0.2, -0.15) is 0 Å². The molecule has 1 aromatic rings. The molecule has 0 aliphatic heterocycles. The molecule has 0 fully saturated rings. The molecule has 18 heavy (non-hydrogen) atoms. The lowest BCUT2D eigenvalue weighted by Crippen LogP contribution is -2.34. The largest absolute Gasteiger partial charge is 0.444 e. The van der Waals surface area contributed by atoms with Crippen molar-refractivity contribution in [2.45, 2.75) is 39.3 Å². The molecule has 0 aliphatic carbocycles. The molecule has 5 heteroatoms. The molecule has 0 saturated carbocycles. The Morgan fingerprint density at radius 1 is 1.44 bits per heavy atom. The van der Waals surface area contributed by atoms with Crippen molar-refractivity contribution in [3.05, 3.63) is 34.1 Å². The van der Waals surface area contributed by atoms with Crippen LogP contribution in [0.4, 0.5) is 9.18 Å². The maximum Gasteiger partial charge on any atom is 0.408 e. The maximum atomic E-state index is 13.7. The van der Waals surface area contributed by atoms with Crippen LogP contribution in [0.1, 0.15) is 39.3 Å². The molecule has 0 aliphatic rings. The van der Waals surface area contributed by atoms with Gasteiger partial charge in [-0.3, -0.25) is 0 Å². The van der Waals surface area contributed by atoms with Gasteiger partial charge >= 0.3 is 6.09 Å². The summed E-state index contributed by atoms with van der Waals surface area (Å²) < 4.78 is 19.4. The van der Waals surface area contributed by atoms with Crippen molar-refractivity contribution in [3.8, 4) is 0 Å². The minimum Gasteiger partial charge on any atom is -0.444 e. The average molecular weight is 318 g/mol. The third kappa shape index (κ3) is 4.29. The van der Waals surface area contributed by atoms with E-state index in [1.165, 1.54) is 6.07 Å². The Labute approximate surface area is 115 Å². The minimum atomic E-state index is -0.573. The summed E-state index contributed by atoms with van der Waals surface area (Å²) in [7, 11) is 0. The summed E-state index contributed by atoms with van der Waals surface area (Å²) in [5, 5.41) is 2.60.